The van der Waals surface area contributed by atoms with Gasteiger partial charge in [-0.25, -0.2) is 0 Å². The van der Waals surface area contributed by atoms with Crippen molar-refractivity contribution < 1.29 is 4.79 Å². The summed E-state index contributed by atoms with van der Waals surface area (Å²) in [5.41, 5.74) is 1.20. The molecule has 4 heteroatoms. The molecule has 1 saturated heterocycles. The predicted octanol–water partition coefficient (Wildman–Crippen LogP) is 2.91. The minimum Gasteiger partial charge on any atom is -0.335 e. The van der Waals surface area contributed by atoms with Crippen LogP contribution in [-0.4, -0.2) is 37.0 Å². The summed E-state index contributed by atoms with van der Waals surface area (Å²) in [6.07, 6.45) is 5.56. The summed E-state index contributed by atoms with van der Waals surface area (Å²) >= 11 is 1.59. The summed E-state index contributed by atoms with van der Waals surface area (Å²) < 4.78 is 0. The lowest BCUT2D eigenvalue weighted by atomic mass is 9.98. The second kappa shape index (κ2) is 7.06. The zero-order valence-electron chi connectivity index (χ0n) is 11.9. The van der Waals surface area contributed by atoms with E-state index in [-0.39, 0.29) is 5.91 Å². The molecule has 1 aliphatic rings. The van der Waals surface area contributed by atoms with Crippen molar-refractivity contribution in [2.24, 2.45) is 0 Å². The highest BCUT2D eigenvalue weighted by atomic mass is 32.1. The fourth-order valence-corrected chi connectivity index (χ4v) is 3.76. The number of carbonyl (C=O) groups is 1. The van der Waals surface area contributed by atoms with Gasteiger partial charge in [-0.2, -0.15) is 0 Å². The molecular weight excluding hydrogens is 256 g/mol. The Hall–Kier alpha value is -0.870. The average Bonchev–Trinajstić information content (AvgIpc) is 2.93. The number of nitrogens with zero attached hydrogens (tertiary/aromatic N) is 1. The van der Waals surface area contributed by atoms with Crippen molar-refractivity contribution in [3.05, 3.63) is 21.9 Å². The van der Waals surface area contributed by atoms with E-state index in [1.807, 2.05) is 12.4 Å². The standard InChI is InChI=1S/C15H24N2OS/c1-3-12-8-11-19-14(12)15(18)17-10-5-4-6-13(17)7-9-16-2/h8,11,13,16H,3-7,9-10H2,1-2H3. The molecule has 0 saturated carbocycles. The molecule has 1 aliphatic heterocycles. The number of carbonyl (C=O) groups excluding carboxylic acids is 1. The molecule has 0 aromatic carbocycles. The summed E-state index contributed by atoms with van der Waals surface area (Å²) in [6.45, 7) is 4.03. The van der Waals surface area contributed by atoms with Gasteiger partial charge >= 0.3 is 0 Å². The van der Waals surface area contributed by atoms with Crippen LogP contribution in [0.3, 0.4) is 0 Å². The van der Waals surface area contributed by atoms with Gasteiger partial charge in [-0.05, 0) is 62.7 Å². The first-order valence-corrected chi connectivity index (χ1v) is 8.17. The minimum absolute atomic E-state index is 0.257. The van der Waals surface area contributed by atoms with E-state index in [0.717, 1.165) is 43.6 Å². The van der Waals surface area contributed by atoms with E-state index >= 15 is 0 Å². The lowest BCUT2D eigenvalue weighted by Gasteiger charge is -2.36. The fourth-order valence-electron chi connectivity index (χ4n) is 2.81. The lowest BCUT2D eigenvalue weighted by molar-refractivity contribution is 0.0606. The highest BCUT2D eigenvalue weighted by Crippen LogP contribution is 2.25. The Kier molecular flexibility index (Phi) is 5.40. The molecule has 1 unspecified atom stereocenters. The molecular formula is C15H24N2OS. The monoisotopic (exact) mass is 280 g/mol. The number of piperidine rings is 1. The molecule has 0 spiro atoms. The molecule has 1 amide bonds. The maximum absolute atomic E-state index is 12.7. The Morgan fingerprint density at radius 1 is 1.53 bits per heavy atom. The number of amides is 1. The maximum atomic E-state index is 12.7. The van der Waals surface area contributed by atoms with Crippen LogP contribution in [0.15, 0.2) is 11.4 Å². The molecule has 1 aromatic heterocycles. The molecule has 2 heterocycles. The summed E-state index contributed by atoms with van der Waals surface area (Å²) in [5, 5.41) is 5.24. The third-order valence-electron chi connectivity index (χ3n) is 3.94. The summed E-state index contributed by atoms with van der Waals surface area (Å²) in [5.74, 6) is 0.257. The Morgan fingerprint density at radius 2 is 2.37 bits per heavy atom. The van der Waals surface area contributed by atoms with Gasteiger partial charge in [0.15, 0.2) is 0 Å². The quantitative estimate of drug-likeness (QED) is 0.899. The number of hydrogen-bond acceptors (Lipinski definition) is 3. The first kappa shape index (κ1) is 14.5. The van der Waals surface area contributed by atoms with E-state index in [4.69, 9.17) is 0 Å². The van der Waals surface area contributed by atoms with Crippen molar-refractivity contribution in [1.29, 1.82) is 0 Å². The van der Waals surface area contributed by atoms with E-state index < -0.39 is 0 Å². The highest BCUT2D eigenvalue weighted by molar-refractivity contribution is 7.12. The third-order valence-corrected chi connectivity index (χ3v) is 4.88. The van der Waals surface area contributed by atoms with Gasteiger partial charge in [0.1, 0.15) is 0 Å². The van der Waals surface area contributed by atoms with E-state index in [2.05, 4.69) is 23.2 Å². The molecule has 2 rings (SSSR count). The molecule has 1 aromatic rings. The number of likely N-dealkylation sites (tertiary alicyclic amines) is 1. The summed E-state index contributed by atoms with van der Waals surface area (Å²) in [7, 11) is 1.98. The van der Waals surface area contributed by atoms with Crippen molar-refractivity contribution in [3.8, 4) is 0 Å². The number of hydrogen-bond donors (Lipinski definition) is 1. The molecule has 0 radical (unpaired) electrons. The zero-order chi connectivity index (χ0) is 13.7. The van der Waals surface area contributed by atoms with Crippen LogP contribution < -0.4 is 5.32 Å². The predicted molar refractivity (Wildman–Crippen MR) is 80.9 cm³/mol. The molecule has 0 aliphatic carbocycles. The minimum atomic E-state index is 0.257. The number of nitrogens with one attached hydrogen (secondary N) is 1. The van der Waals surface area contributed by atoms with Crippen LogP contribution in [0.1, 0.15) is 47.8 Å². The Balaban J connectivity index is 2.10. The number of rotatable bonds is 5. The van der Waals surface area contributed by atoms with Crippen molar-refractivity contribution in [1.82, 2.24) is 10.2 Å². The second-order valence-electron chi connectivity index (χ2n) is 5.17. The first-order valence-electron chi connectivity index (χ1n) is 7.29. The van der Waals surface area contributed by atoms with Gasteiger partial charge in [-0.3, -0.25) is 4.79 Å². The van der Waals surface area contributed by atoms with Crippen LogP contribution in [0.5, 0.6) is 0 Å². The van der Waals surface area contributed by atoms with Crippen LogP contribution in [0.25, 0.3) is 0 Å². The van der Waals surface area contributed by atoms with E-state index in [9.17, 15) is 4.79 Å². The van der Waals surface area contributed by atoms with Gasteiger partial charge in [-0.1, -0.05) is 6.92 Å². The largest absolute Gasteiger partial charge is 0.335 e. The lowest BCUT2D eigenvalue weighted by Crippen LogP contribution is -2.44. The van der Waals surface area contributed by atoms with Crippen molar-refractivity contribution in [2.75, 3.05) is 20.1 Å². The molecule has 106 valence electrons. The van der Waals surface area contributed by atoms with Gasteiger partial charge in [-0.15, -0.1) is 11.3 Å². The topological polar surface area (TPSA) is 32.3 Å². The van der Waals surface area contributed by atoms with Crippen molar-refractivity contribution in [3.63, 3.8) is 0 Å². The zero-order valence-corrected chi connectivity index (χ0v) is 12.8. The van der Waals surface area contributed by atoms with Crippen LogP contribution in [0.4, 0.5) is 0 Å². The van der Waals surface area contributed by atoms with Gasteiger partial charge < -0.3 is 10.2 Å². The van der Waals surface area contributed by atoms with Gasteiger partial charge in [0.2, 0.25) is 0 Å². The maximum Gasteiger partial charge on any atom is 0.264 e. The normalized spacial score (nSPS) is 19.7. The molecule has 1 N–H and O–H groups in total. The molecule has 1 fully saturated rings. The van der Waals surface area contributed by atoms with Crippen LogP contribution >= 0.6 is 11.3 Å². The molecule has 0 bridgehead atoms. The van der Waals surface area contributed by atoms with E-state index in [0.29, 0.717) is 6.04 Å². The Morgan fingerprint density at radius 3 is 3.11 bits per heavy atom. The smallest absolute Gasteiger partial charge is 0.264 e. The first-order chi connectivity index (χ1) is 9.27. The summed E-state index contributed by atoms with van der Waals surface area (Å²) in [6, 6.07) is 2.50. The number of aryl methyl sites for hydroxylation is 1. The van der Waals surface area contributed by atoms with Gasteiger partial charge in [0, 0.05) is 12.6 Å². The average molecular weight is 280 g/mol. The molecule has 19 heavy (non-hydrogen) atoms. The Bertz CT molecular complexity index is 416. The highest BCUT2D eigenvalue weighted by Gasteiger charge is 2.28. The van der Waals surface area contributed by atoms with Crippen LogP contribution in [0, 0.1) is 0 Å². The SMILES string of the molecule is CCc1ccsc1C(=O)N1CCCCC1CCNC. The molecule has 3 nitrogen and oxygen atoms in total. The second-order valence-corrected chi connectivity index (χ2v) is 6.09. The van der Waals surface area contributed by atoms with Crippen molar-refractivity contribution in [2.45, 2.75) is 45.1 Å². The third kappa shape index (κ3) is 3.37. The van der Waals surface area contributed by atoms with Crippen molar-refractivity contribution >= 4 is 17.2 Å². The van der Waals surface area contributed by atoms with E-state index in [1.165, 1.54) is 12.0 Å². The van der Waals surface area contributed by atoms with Crippen LogP contribution in [0.2, 0.25) is 0 Å². The molecule has 1 atom stereocenters. The van der Waals surface area contributed by atoms with Gasteiger partial charge in [0.05, 0.1) is 4.88 Å². The van der Waals surface area contributed by atoms with E-state index in [1.54, 1.807) is 11.3 Å². The Labute approximate surface area is 120 Å². The summed E-state index contributed by atoms with van der Waals surface area (Å²) in [4.78, 5) is 15.8. The number of thiophene rings is 1. The fraction of sp³-hybridized carbons (Fsp3) is 0.667. The van der Waals surface area contributed by atoms with Gasteiger partial charge in [0.25, 0.3) is 5.91 Å². The van der Waals surface area contributed by atoms with Crippen LogP contribution in [-0.2, 0) is 6.42 Å².